The summed E-state index contributed by atoms with van der Waals surface area (Å²) in [6.45, 7) is 1.14. The minimum absolute atomic E-state index is 0.135. The number of ether oxygens (including phenoxy) is 3. The maximum absolute atomic E-state index is 12.8. The van der Waals surface area contributed by atoms with Crippen molar-refractivity contribution in [3.8, 4) is 11.5 Å². The molecular weight excluding hydrogens is 564 g/mol. The molecule has 0 bridgehead atoms. The number of esters is 1. The van der Waals surface area contributed by atoms with Crippen LogP contribution in [0.25, 0.3) is 6.08 Å². The fourth-order valence-corrected chi connectivity index (χ4v) is 4.21. The number of carbonyl (C=O) groups excluding carboxylic acids is 4. The zero-order valence-corrected chi connectivity index (χ0v) is 21.8. The number of rotatable bonds is 9. The third kappa shape index (κ3) is 7.00. The van der Waals surface area contributed by atoms with Crippen molar-refractivity contribution in [3.05, 3.63) is 56.4 Å². The number of nitrogens with zero attached hydrogens (tertiary/aromatic N) is 1. The topological polar surface area (TPSA) is 111 Å². The average molecular weight is 584 g/mol. The van der Waals surface area contributed by atoms with Crippen molar-refractivity contribution >= 4 is 74.1 Å². The van der Waals surface area contributed by atoms with Gasteiger partial charge in [0.05, 0.1) is 23.6 Å². The lowest BCUT2D eigenvalue weighted by Gasteiger charge is -2.13. The van der Waals surface area contributed by atoms with Gasteiger partial charge in [-0.05, 0) is 76.6 Å². The first kappa shape index (κ1) is 26.6. The van der Waals surface area contributed by atoms with Crippen molar-refractivity contribution in [2.24, 2.45) is 0 Å². The van der Waals surface area contributed by atoms with Crippen LogP contribution >= 0.6 is 39.3 Å². The Labute approximate surface area is 218 Å². The van der Waals surface area contributed by atoms with E-state index < -0.39 is 29.6 Å². The molecule has 9 nitrogen and oxygen atoms in total. The smallest absolute Gasteiger partial charge is 0.344 e. The van der Waals surface area contributed by atoms with E-state index in [4.69, 9.17) is 25.8 Å². The van der Waals surface area contributed by atoms with E-state index in [-0.39, 0.29) is 23.9 Å². The number of anilines is 1. The van der Waals surface area contributed by atoms with Crippen LogP contribution in [0.1, 0.15) is 12.5 Å². The number of carbonyl (C=O) groups is 4. The molecule has 2 aromatic carbocycles. The fourth-order valence-electron chi connectivity index (χ4n) is 2.94. The van der Waals surface area contributed by atoms with E-state index in [2.05, 4.69) is 21.2 Å². The highest BCUT2D eigenvalue weighted by molar-refractivity contribution is 9.10. The van der Waals surface area contributed by atoms with Gasteiger partial charge >= 0.3 is 5.97 Å². The molecule has 184 valence electrons. The number of amides is 3. The Morgan fingerprint density at radius 1 is 1.17 bits per heavy atom. The minimum atomic E-state index is -0.603. The summed E-state index contributed by atoms with van der Waals surface area (Å²) in [4.78, 5) is 50.2. The molecule has 0 aliphatic carbocycles. The van der Waals surface area contributed by atoms with Crippen LogP contribution in [-0.2, 0) is 19.1 Å². The molecule has 12 heteroatoms. The van der Waals surface area contributed by atoms with Gasteiger partial charge in [-0.1, -0.05) is 17.7 Å². The molecule has 0 radical (unpaired) electrons. The summed E-state index contributed by atoms with van der Waals surface area (Å²) in [6.07, 6.45) is 1.49. The van der Waals surface area contributed by atoms with Crippen molar-refractivity contribution in [1.29, 1.82) is 0 Å². The predicted molar refractivity (Wildman–Crippen MR) is 136 cm³/mol. The molecule has 3 amide bonds. The second-order valence-electron chi connectivity index (χ2n) is 6.95. The Kier molecular flexibility index (Phi) is 9.19. The second kappa shape index (κ2) is 12.1. The Hall–Kier alpha value is -3.02. The largest absolute Gasteiger partial charge is 0.493 e. The molecule has 35 heavy (non-hydrogen) atoms. The van der Waals surface area contributed by atoms with Gasteiger partial charge in [0.25, 0.3) is 11.1 Å². The molecule has 0 spiro atoms. The van der Waals surface area contributed by atoms with Crippen LogP contribution in [0.2, 0.25) is 5.02 Å². The summed E-state index contributed by atoms with van der Waals surface area (Å²) in [5.74, 6) is -1.05. The number of nitrogens with one attached hydrogen (secondary N) is 1. The summed E-state index contributed by atoms with van der Waals surface area (Å²) >= 11 is 10.0. The summed E-state index contributed by atoms with van der Waals surface area (Å²) < 4.78 is 16.2. The third-order valence-electron chi connectivity index (χ3n) is 4.51. The predicted octanol–water partition coefficient (Wildman–Crippen LogP) is 4.73. The highest BCUT2D eigenvalue weighted by Gasteiger charge is 2.36. The Morgan fingerprint density at radius 2 is 1.94 bits per heavy atom. The average Bonchev–Trinajstić information content (AvgIpc) is 3.07. The van der Waals surface area contributed by atoms with Crippen molar-refractivity contribution in [3.63, 3.8) is 0 Å². The van der Waals surface area contributed by atoms with Gasteiger partial charge in [0.1, 0.15) is 6.54 Å². The van der Waals surface area contributed by atoms with Crippen LogP contribution in [0.3, 0.4) is 0 Å². The summed E-state index contributed by atoms with van der Waals surface area (Å²) in [7, 11) is 1.45. The van der Waals surface area contributed by atoms with Crippen LogP contribution in [0.5, 0.6) is 11.5 Å². The van der Waals surface area contributed by atoms with Gasteiger partial charge in [-0.3, -0.25) is 19.3 Å². The van der Waals surface area contributed by atoms with Crippen LogP contribution in [0.15, 0.2) is 45.8 Å². The van der Waals surface area contributed by atoms with Crippen molar-refractivity contribution in [2.45, 2.75) is 6.92 Å². The minimum Gasteiger partial charge on any atom is -0.493 e. The second-order valence-corrected chi connectivity index (χ2v) is 9.20. The van der Waals surface area contributed by atoms with Crippen molar-refractivity contribution < 1.29 is 33.4 Å². The molecule has 2 aromatic rings. The van der Waals surface area contributed by atoms with Crippen LogP contribution in [-0.4, -0.2) is 54.8 Å². The molecule has 0 saturated carbocycles. The van der Waals surface area contributed by atoms with E-state index in [1.165, 1.54) is 13.2 Å². The first-order valence-electron chi connectivity index (χ1n) is 10.2. The fraction of sp³-hybridized carbons (Fsp3) is 0.217. The highest BCUT2D eigenvalue weighted by atomic mass is 79.9. The van der Waals surface area contributed by atoms with Crippen molar-refractivity contribution in [1.82, 2.24) is 4.90 Å². The first-order valence-corrected chi connectivity index (χ1v) is 12.2. The van der Waals surface area contributed by atoms with Crippen molar-refractivity contribution in [2.75, 3.05) is 32.2 Å². The zero-order chi connectivity index (χ0) is 25.5. The molecule has 1 aliphatic heterocycles. The molecule has 1 saturated heterocycles. The molecule has 1 N–H and O–H groups in total. The molecule has 0 unspecified atom stereocenters. The highest BCUT2D eigenvalue weighted by Crippen LogP contribution is 2.34. The lowest BCUT2D eigenvalue weighted by atomic mass is 10.2. The number of imide groups is 1. The van der Waals surface area contributed by atoms with Gasteiger partial charge in [0.2, 0.25) is 5.91 Å². The monoisotopic (exact) mass is 582 g/mol. The Balaban J connectivity index is 1.70. The van der Waals surface area contributed by atoms with Gasteiger partial charge in [-0.2, -0.15) is 0 Å². The zero-order valence-electron chi connectivity index (χ0n) is 18.6. The van der Waals surface area contributed by atoms with Crippen LogP contribution in [0, 0.1) is 0 Å². The standard InChI is InChI=1S/C23H20BrClN2O7S/c1-3-33-21(29)12-34-18-8-13(4-7-17(18)32-2)9-19-22(30)27(23(31)35-19)11-20(28)26-14-5-6-15(24)16(25)10-14/h4-10H,3,11-12H2,1-2H3,(H,26,28)/b19-9-. The van der Waals surface area contributed by atoms with Gasteiger partial charge in [-0.15, -0.1) is 0 Å². The van der Waals surface area contributed by atoms with Gasteiger partial charge < -0.3 is 19.5 Å². The molecular formula is C23H20BrClN2O7S. The summed E-state index contributed by atoms with van der Waals surface area (Å²) in [6, 6.07) is 9.67. The molecule has 0 atom stereocenters. The number of benzene rings is 2. The van der Waals surface area contributed by atoms with Crippen LogP contribution in [0.4, 0.5) is 10.5 Å². The van der Waals surface area contributed by atoms with E-state index in [1.807, 2.05) is 0 Å². The van der Waals surface area contributed by atoms with Crippen LogP contribution < -0.4 is 14.8 Å². The first-order chi connectivity index (χ1) is 16.7. The molecule has 1 aliphatic rings. The number of methoxy groups -OCH3 is 1. The molecule has 1 fully saturated rings. The lowest BCUT2D eigenvalue weighted by molar-refractivity contribution is -0.145. The van der Waals surface area contributed by atoms with Gasteiger partial charge in [0.15, 0.2) is 18.1 Å². The van der Waals surface area contributed by atoms with E-state index in [9.17, 15) is 19.2 Å². The van der Waals surface area contributed by atoms with E-state index >= 15 is 0 Å². The van der Waals surface area contributed by atoms with E-state index in [0.29, 0.717) is 38.3 Å². The summed E-state index contributed by atoms with van der Waals surface area (Å²) in [5.41, 5.74) is 0.961. The van der Waals surface area contributed by atoms with Gasteiger partial charge in [-0.25, -0.2) is 4.79 Å². The lowest BCUT2D eigenvalue weighted by Crippen LogP contribution is -2.36. The molecule has 0 aromatic heterocycles. The number of thioether (sulfide) groups is 1. The quantitative estimate of drug-likeness (QED) is 0.333. The molecule has 3 rings (SSSR count). The van der Waals surface area contributed by atoms with Gasteiger partial charge in [0, 0.05) is 10.2 Å². The maximum Gasteiger partial charge on any atom is 0.344 e. The number of halogens is 2. The number of hydrogen-bond donors (Lipinski definition) is 1. The Morgan fingerprint density at radius 3 is 2.63 bits per heavy atom. The number of hydrogen-bond acceptors (Lipinski definition) is 8. The molecule has 1 heterocycles. The Bertz CT molecular complexity index is 1200. The van der Waals surface area contributed by atoms with E-state index in [0.717, 1.165) is 4.90 Å². The third-order valence-corrected chi connectivity index (χ3v) is 6.65. The van der Waals surface area contributed by atoms with E-state index in [1.54, 1.807) is 43.3 Å². The maximum atomic E-state index is 12.8. The normalized spacial score (nSPS) is 14.3. The summed E-state index contributed by atoms with van der Waals surface area (Å²) in [5, 5.41) is 2.44. The SMILES string of the molecule is CCOC(=O)COc1cc(/C=C2\SC(=O)N(CC(=O)Nc3ccc(Br)c(Cl)c3)C2=O)ccc1OC.